The number of nitrogens with one attached hydrogen (secondary N) is 2. The molecule has 0 saturated carbocycles. The summed E-state index contributed by atoms with van der Waals surface area (Å²) in [5, 5.41) is 8.39. The predicted octanol–water partition coefficient (Wildman–Crippen LogP) is 3.66. The van der Waals surface area contributed by atoms with Gasteiger partial charge < -0.3 is 15.1 Å². The standard InChI is InChI=1S/C24H30N6O3S/c1-16-6-4-7-21-22(16)24(33-18-10-14-30(15-11-18)34(3,31)32)29-23(28-21)17(2)27-20(9-12-25)19-8-5-13-26-19/h4-8,12-13,17-18,25-26H,9-11,14-15H2,1-3H3. The maximum Gasteiger partial charge on any atom is 0.225 e. The molecule has 0 radical (unpaired) electrons. The van der Waals surface area contributed by atoms with E-state index < -0.39 is 10.0 Å². The largest absolute Gasteiger partial charge is 0.474 e. The quantitative estimate of drug-likeness (QED) is 0.474. The fourth-order valence-corrected chi connectivity index (χ4v) is 5.05. The monoisotopic (exact) mass is 482 g/mol. The Bertz CT molecular complexity index is 1300. The van der Waals surface area contributed by atoms with E-state index in [0.29, 0.717) is 44.1 Å². The summed E-state index contributed by atoms with van der Waals surface area (Å²) in [6, 6.07) is 9.37. The summed E-state index contributed by atoms with van der Waals surface area (Å²) in [6.07, 6.45) is 5.87. The van der Waals surface area contributed by atoms with Crippen molar-refractivity contribution < 1.29 is 13.2 Å². The fourth-order valence-electron chi connectivity index (χ4n) is 4.17. The summed E-state index contributed by atoms with van der Waals surface area (Å²) in [4.78, 5) is 17.5. The SMILES string of the molecule is Cc1cccc2nc(C(C)N=C(CC=N)c3ccc[nH]3)nc(OC3CCN(S(C)(=O)=O)CC3)c12. The van der Waals surface area contributed by atoms with Crippen molar-refractivity contribution in [2.75, 3.05) is 19.3 Å². The van der Waals surface area contributed by atoms with E-state index in [2.05, 4.69) is 4.98 Å². The number of aryl methyl sites for hydroxylation is 1. The first kappa shape index (κ1) is 24.0. The molecule has 1 aromatic carbocycles. The van der Waals surface area contributed by atoms with E-state index in [1.807, 2.05) is 50.4 Å². The number of H-pyrrole nitrogens is 1. The van der Waals surface area contributed by atoms with Gasteiger partial charge in [-0.15, -0.1) is 0 Å². The van der Waals surface area contributed by atoms with Crippen LogP contribution in [0, 0.1) is 12.3 Å². The fraction of sp³-hybridized carbons (Fsp3) is 0.417. The lowest BCUT2D eigenvalue weighted by Gasteiger charge is -2.30. The van der Waals surface area contributed by atoms with Crippen LogP contribution in [0.1, 0.15) is 49.3 Å². The topological polar surface area (TPSA) is 124 Å². The van der Waals surface area contributed by atoms with E-state index >= 15 is 0 Å². The van der Waals surface area contributed by atoms with Crippen molar-refractivity contribution in [3.05, 3.63) is 53.6 Å². The van der Waals surface area contributed by atoms with Gasteiger partial charge in [-0.25, -0.2) is 17.7 Å². The first-order valence-electron chi connectivity index (χ1n) is 11.3. The Morgan fingerprint density at radius 2 is 2.06 bits per heavy atom. The molecule has 1 unspecified atom stereocenters. The minimum absolute atomic E-state index is 0.130. The van der Waals surface area contributed by atoms with E-state index in [9.17, 15) is 8.42 Å². The molecule has 0 spiro atoms. The molecular weight excluding hydrogens is 452 g/mol. The third kappa shape index (κ3) is 5.34. The van der Waals surface area contributed by atoms with Gasteiger partial charge in [-0.3, -0.25) is 4.99 Å². The van der Waals surface area contributed by atoms with Gasteiger partial charge in [0.05, 0.1) is 28.6 Å². The lowest BCUT2D eigenvalue weighted by atomic mass is 10.1. The highest BCUT2D eigenvalue weighted by atomic mass is 32.2. The molecule has 1 aliphatic heterocycles. The van der Waals surface area contributed by atoms with E-state index in [1.165, 1.54) is 16.8 Å². The molecule has 2 N–H and O–H groups in total. The summed E-state index contributed by atoms with van der Waals surface area (Å²) in [5.74, 6) is 1.04. The molecule has 1 atom stereocenters. The van der Waals surface area contributed by atoms with Gasteiger partial charge in [-0.2, -0.15) is 4.98 Å². The molecule has 3 heterocycles. The number of aromatic nitrogens is 3. The molecule has 1 saturated heterocycles. The number of ether oxygens (including phenoxy) is 1. The van der Waals surface area contributed by atoms with Crippen molar-refractivity contribution in [3.8, 4) is 5.88 Å². The van der Waals surface area contributed by atoms with Crippen LogP contribution in [0.15, 0.2) is 41.5 Å². The molecule has 4 rings (SSSR count). The first-order chi connectivity index (χ1) is 16.3. The summed E-state index contributed by atoms with van der Waals surface area (Å²) in [6.45, 7) is 4.79. The van der Waals surface area contributed by atoms with Gasteiger partial charge in [0.15, 0.2) is 5.82 Å². The molecule has 34 heavy (non-hydrogen) atoms. The minimum Gasteiger partial charge on any atom is -0.474 e. The zero-order valence-corrected chi connectivity index (χ0v) is 20.5. The van der Waals surface area contributed by atoms with Gasteiger partial charge in [0.2, 0.25) is 15.9 Å². The van der Waals surface area contributed by atoms with Crippen molar-refractivity contribution in [2.45, 2.75) is 45.3 Å². The number of hydrogen-bond acceptors (Lipinski definition) is 7. The zero-order valence-electron chi connectivity index (χ0n) is 19.7. The number of benzene rings is 1. The Hall–Kier alpha value is -3.11. The minimum atomic E-state index is -3.20. The van der Waals surface area contributed by atoms with Crippen molar-refractivity contribution in [2.24, 2.45) is 4.99 Å². The molecule has 3 aromatic rings. The van der Waals surface area contributed by atoms with Gasteiger partial charge in [0.25, 0.3) is 0 Å². The van der Waals surface area contributed by atoms with Crippen molar-refractivity contribution >= 4 is 32.9 Å². The Kier molecular flexibility index (Phi) is 7.08. The van der Waals surface area contributed by atoms with Crippen LogP contribution >= 0.6 is 0 Å². The Labute approximate surface area is 199 Å². The second-order valence-corrected chi connectivity index (χ2v) is 10.6. The highest BCUT2D eigenvalue weighted by molar-refractivity contribution is 7.88. The van der Waals surface area contributed by atoms with E-state index in [4.69, 9.17) is 25.1 Å². The highest BCUT2D eigenvalue weighted by Gasteiger charge is 2.27. The van der Waals surface area contributed by atoms with Crippen LogP contribution in [0.4, 0.5) is 0 Å². The molecule has 1 aliphatic rings. The van der Waals surface area contributed by atoms with Crippen molar-refractivity contribution in [1.29, 1.82) is 5.41 Å². The Morgan fingerprint density at radius 3 is 2.71 bits per heavy atom. The van der Waals surface area contributed by atoms with E-state index in [-0.39, 0.29) is 12.1 Å². The summed E-state index contributed by atoms with van der Waals surface area (Å²) >= 11 is 0. The third-order valence-corrected chi connectivity index (χ3v) is 7.29. The summed E-state index contributed by atoms with van der Waals surface area (Å²) in [5.41, 5.74) is 3.42. The van der Waals surface area contributed by atoms with E-state index in [0.717, 1.165) is 27.9 Å². The van der Waals surface area contributed by atoms with Crippen LogP contribution in [-0.4, -0.2) is 65.1 Å². The predicted molar refractivity (Wildman–Crippen MR) is 133 cm³/mol. The Balaban J connectivity index is 1.66. The van der Waals surface area contributed by atoms with Crippen LogP contribution in [0.3, 0.4) is 0 Å². The van der Waals surface area contributed by atoms with Gasteiger partial charge in [-0.1, -0.05) is 12.1 Å². The number of nitrogens with zero attached hydrogens (tertiary/aromatic N) is 4. The Morgan fingerprint density at radius 1 is 1.29 bits per heavy atom. The number of sulfonamides is 1. The van der Waals surface area contributed by atoms with Crippen LogP contribution in [0.5, 0.6) is 5.88 Å². The third-order valence-electron chi connectivity index (χ3n) is 5.99. The van der Waals surface area contributed by atoms with Gasteiger partial charge >= 0.3 is 0 Å². The molecule has 9 nitrogen and oxygen atoms in total. The van der Waals surface area contributed by atoms with Crippen LogP contribution < -0.4 is 4.74 Å². The summed E-state index contributed by atoms with van der Waals surface area (Å²) < 4.78 is 31.5. The highest BCUT2D eigenvalue weighted by Crippen LogP contribution is 2.30. The molecular formula is C24H30N6O3S. The summed E-state index contributed by atoms with van der Waals surface area (Å²) in [7, 11) is -3.20. The van der Waals surface area contributed by atoms with Gasteiger partial charge in [0.1, 0.15) is 12.1 Å². The molecule has 0 aliphatic carbocycles. The molecule has 1 fully saturated rings. The molecule has 10 heteroatoms. The first-order valence-corrected chi connectivity index (χ1v) is 13.2. The van der Waals surface area contributed by atoms with Gasteiger partial charge in [-0.05, 0) is 50.5 Å². The normalized spacial score (nSPS) is 17.1. The average Bonchev–Trinajstić information content (AvgIpc) is 3.33. The second kappa shape index (κ2) is 10.0. The average molecular weight is 483 g/mol. The molecule has 180 valence electrons. The number of hydrogen-bond donors (Lipinski definition) is 2. The number of aliphatic imine (C=N–C) groups is 1. The van der Waals surface area contributed by atoms with Gasteiger partial charge in [0, 0.05) is 31.9 Å². The smallest absolute Gasteiger partial charge is 0.225 e. The number of rotatable bonds is 8. The number of fused-ring (bicyclic) bond motifs is 1. The molecule has 2 aromatic heterocycles. The maximum atomic E-state index is 11.8. The van der Waals surface area contributed by atoms with Crippen LogP contribution in [0.25, 0.3) is 10.9 Å². The van der Waals surface area contributed by atoms with Crippen LogP contribution in [0.2, 0.25) is 0 Å². The lowest BCUT2D eigenvalue weighted by Crippen LogP contribution is -2.41. The maximum absolute atomic E-state index is 11.8. The second-order valence-electron chi connectivity index (χ2n) is 8.58. The number of aromatic amines is 1. The van der Waals surface area contributed by atoms with E-state index in [1.54, 1.807) is 0 Å². The van der Waals surface area contributed by atoms with Crippen LogP contribution in [-0.2, 0) is 10.0 Å². The lowest BCUT2D eigenvalue weighted by molar-refractivity contribution is 0.131. The molecule has 0 amide bonds. The zero-order chi connectivity index (χ0) is 24.3. The number of piperidine rings is 1. The molecule has 0 bridgehead atoms. The van der Waals surface area contributed by atoms with Crippen molar-refractivity contribution in [3.63, 3.8) is 0 Å². The van der Waals surface area contributed by atoms with Crippen molar-refractivity contribution in [1.82, 2.24) is 19.3 Å².